The molecule has 0 amide bonds. The van der Waals surface area contributed by atoms with Gasteiger partial charge in [0, 0.05) is 6.54 Å². The Morgan fingerprint density at radius 3 is 2.23 bits per heavy atom. The molecule has 4 heteroatoms. The van der Waals surface area contributed by atoms with Crippen molar-refractivity contribution < 1.29 is 8.42 Å². The first-order chi connectivity index (χ1) is 12.2. The average Bonchev–Trinajstić information content (AvgIpc) is 2.51. The van der Waals surface area contributed by atoms with E-state index in [0.717, 1.165) is 29.2 Å². The third kappa shape index (κ3) is 3.60. The summed E-state index contributed by atoms with van der Waals surface area (Å²) in [6.07, 6.45) is 6.41. The van der Waals surface area contributed by atoms with Crippen molar-refractivity contribution in [3.63, 3.8) is 0 Å². The summed E-state index contributed by atoms with van der Waals surface area (Å²) in [6, 6.07) is 9.49. The Bertz CT molecular complexity index is 734. The van der Waals surface area contributed by atoms with Crippen molar-refractivity contribution in [2.75, 3.05) is 6.54 Å². The number of nitrogens with one attached hydrogen (secondary N) is 1. The van der Waals surface area contributed by atoms with Gasteiger partial charge < -0.3 is 0 Å². The van der Waals surface area contributed by atoms with E-state index in [-0.39, 0.29) is 11.2 Å². The molecule has 0 aromatic heterocycles. The molecular weight excluding hydrogens is 342 g/mol. The van der Waals surface area contributed by atoms with E-state index in [1.54, 1.807) is 0 Å². The van der Waals surface area contributed by atoms with Gasteiger partial charge in [-0.2, -0.15) is 0 Å². The van der Waals surface area contributed by atoms with Crippen molar-refractivity contribution in [2.24, 2.45) is 34.5 Å². The zero-order valence-corrected chi connectivity index (χ0v) is 17.2. The molecule has 26 heavy (non-hydrogen) atoms. The summed E-state index contributed by atoms with van der Waals surface area (Å²) in [7, 11) is -3.27. The van der Waals surface area contributed by atoms with Crippen molar-refractivity contribution in [2.45, 2.75) is 58.6 Å². The second-order valence-electron chi connectivity index (χ2n) is 10.4. The molecule has 4 aliphatic carbocycles. The van der Waals surface area contributed by atoms with Crippen LogP contribution in [-0.2, 0) is 15.8 Å². The molecule has 4 aliphatic rings. The van der Waals surface area contributed by atoms with Crippen molar-refractivity contribution in [1.82, 2.24) is 4.72 Å². The fourth-order valence-electron chi connectivity index (χ4n) is 6.93. The highest BCUT2D eigenvalue weighted by molar-refractivity contribution is 7.88. The lowest BCUT2D eigenvalue weighted by molar-refractivity contribution is -0.125. The van der Waals surface area contributed by atoms with Crippen molar-refractivity contribution in [3.05, 3.63) is 35.9 Å². The summed E-state index contributed by atoms with van der Waals surface area (Å²) in [5, 5.41) is 0. The Kier molecular flexibility index (Phi) is 4.51. The SMILES string of the molecule is CC(C)(C)C1C2CC3CC1CC(CNS(=O)(=O)Cc1ccccc1)(C3)C2. The van der Waals surface area contributed by atoms with Gasteiger partial charge in [-0.15, -0.1) is 0 Å². The molecule has 2 atom stereocenters. The molecule has 0 spiro atoms. The molecule has 3 nitrogen and oxygen atoms in total. The molecule has 0 radical (unpaired) electrons. The van der Waals surface area contributed by atoms with E-state index in [9.17, 15) is 8.42 Å². The molecule has 5 rings (SSSR count). The van der Waals surface area contributed by atoms with Gasteiger partial charge in [0.1, 0.15) is 0 Å². The van der Waals surface area contributed by atoms with Gasteiger partial charge in [0.05, 0.1) is 5.75 Å². The molecule has 2 unspecified atom stereocenters. The van der Waals surface area contributed by atoms with Gasteiger partial charge >= 0.3 is 0 Å². The van der Waals surface area contributed by atoms with Crippen LogP contribution in [0.15, 0.2) is 30.3 Å². The van der Waals surface area contributed by atoms with E-state index >= 15 is 0 Å². The van der Waals surface area contributed by atoms with Crippen LogP contribution in [0.2, 0.25) is 0 Å². The van der Waals surface area contributed by atoms with Crippen LogP contribution in [0, 0.1) is 34.5 Å². The maximum atomic E-state index is 12.6. The average molecular weight is 376 g/mol. The van der Waals surface area contributed by atoms with Crippen LogP contribution in [0.4, 0.5) is 0 Å². The van der Waals surface area contributed by atoms with Crippen LogP contribution < -0.4 is 4.72 Å². The van der Waals surface area contributed by atoms with Crippen LogP contribution in [0.3, 0.4) is 0 Å². The molecular formula is C22H33NO2S. The lowest BCUT2D eigenvalue weighted by Crippen LogP contribution is -2.57. The van der Waals surface area contributed by atoms with E-state index in [1.165, 1.54) is 32.1 Å². The van der Waals surface area contributed by atoms with E-state index in [1.807, 2.05) is 30.3 Å². The maximum absolute atomic E-state index is 12.6. The molecule has 4 fully saturated rings. The first-order valence-electron chi connectivity index (χ1n) is 10.2. The molecule has 1 aromatic carbocycles. The molecule has 4 saturated carbocycles. The van der Waals surface area contributed by atoms with Gasteiger partial charge in [0.2, 0.25) is 10.0 Å². The summed E-state index contributed by atoms with van der Waals surface area (Å²) < 4.78 is 28.2. The standard InChI is InChI=1S/C22H33NO2S/c1-21(2,3)20-18-9-17-10-19(20)13-22(11-17,12-18)15-23-26(24,25)14-16-7-5-4-6-8-16/h4-8,17-20,23H,9-15H2,1-3H3. The number of sulfonamides is 1. The normalized spacial score (nSPS) is 36.4. The number of hydrogen-bond acceptors (Lipinski definition) is 2. The Labute approximate surface area is 159 Å². The third-order valence-electron chi connectivity index (χ3n) is 7.27. The summed E-state index contributed by atoms with van der Waals surface area (Å²) in [4.78, 5) is 0. The molecule has 0 aliphatic heterocycles. The third-order valence-corrected chi connectivity index (χ3v) is 8.56. The largest absolute Gasteiger partial charge is 0.215 e. The second-order valence-corrected chi connectivity index (χ2v) is 12.2. The summed E-state index contributed by atoms with van der Waals surface area (Å²) in [6.45, 7) is 7.84. The fraction of sp³-hybridized carbons (Fsp3) is 0.727. The number of rotatable bonds is 5. The van der Waals surface area contributed by atoms with E-state index in [2.05, 4.69) is 25.5 Å². The minimum Gasteiger partial charge on any atom is -0.214 e. The van der Waals surface area contributed by atoms with Gasteiger partial charge in [-0.25, -0.2) is 13.1 Å². The van der Waals surface area contributed by atoms with Crippen molar-refractivity contribution in [3.8, 4) is 0 Å². The topological polar surface area (TPSA) is 46.2 Å². The van der Waals surface area contributed by atoms with Gasteiger partial charge in [-0.1, -0.05) is 51.1 Å². The quantitative estimate of drug-likeness (QED) is 0.818. The Balaban J connectivity index is 1.45. The van der Waals surface area contributed by atoms with E-state index < -0.39 is 10.0 Å². The highest BCUT2D eigenvalue weighted by atomic mass is 32.2. The van der Waals surface area contributed by atoms with Crippen molar-refractivity contribution in [1.29, 1.82) is 0 Å². The minimum atomic E-state index is -3.27. The molecule has 144 valence electrons. The molecule has 4 bridgehead atoms. The monoisotopic (exact) mass is 375 g/mol. The Morgan fingerprint density at radius 1 is 1.04 bits per heavy atom. The summed E-state index contributed by atoms with van der Waals surface area (Å²) in [5.41, 5.74) is 1.44. The summed E-state index contributed by atoms with van der Waals surface area (Å²) in [5.74, 6) is 3.31. The fourth-order valence-corrected chi connectivity index (χ4v) is 8.19. The second kappa shape index (κ2) is 6.34. The predicted molar refractivity (Wildman–Crippen MR) is 106 cm³/mol. The summed E-state index contributed by atoms with van der Waals surface area (Å²) >= 11 is 0. The van der Waals surface area contributed by atoms with E-state index in [4.69, 9.17) is 0 Å². The maximum Gasteiger partial charge on any atom is 0.215 e. The van der Waals surface area contributed by atoms with Crippen LogP contribution in [0.25, 0.3) is 0 Å². The lowest BCUT2D eigenvalue weighted by Gasteiger charge is -2.63. The first-order valence-corrected chi connectivity index (χ1v) is 11.8. The Morgan fingerprint density at radius 2 is 1.65 bits per heavy atom. The van der Waals surface area contributed by atoms with Crippen molar-refractivity contribution >= 4 is 10.0 Å². The zero-order chi connectivity index (χ0) is 18.6. The Hall–Kier alpha value is -0.870. The van der Waals surface area contributed by atoms with Gasteiger partial charge in [0.25, 0.3) is 0 Å². The van der Waals surface area contributed by atoms with Crippen LogP contribution in [0.1, 0.15) is 58.4 Å². The molecule has 1 N–H and O–H groups in total. The van der Waals surface area contributed by atoms with Gasteiger partial charge in [-0.05, 0) is 72.2 Å². The van der Waals surface area contributed by atoms with Crippen LogP contribution in [-0.4, -0.2) is 15.0 Å². The predicted octanol–water partition coefficient (Wildman–Crippen LogP) is 4.59. The molecule has 0 saturated heterocycles. The number of benzene rings is 1. The lowest BCUT2D eigenvalue weighted by atomic mass is 9.43. The van der Waals surface area contributed by atoms with E-state index in [0.29, 0.717) is 12.0 Å². The van der Waals surface area contributed by atoms with Gasteiger partial charge in [-0.3, -0.25) is 0 Å². The first kappa shape index (κ1) is 18.5. The molecule has 1 aromatic rings. The highest BCUT2D eigenvalue weighted by Gasteiger charge is 2.57. The van der Waals surface area contributed by atoms with Crippen LogP contribution >= 0.6 is 0 Å². The van der Waals surface area contributed by atoms with Gasteiger partial charge in [0.15, 0.2) is 0 Å². The minimum absolute atomic E-state index is 0.0881. The smallest absolute Gasteiger partial charge is 0.214 e. The number of hydrogen-bond donors (Lipinski definition) is 1. The highest BCUT2D eigenvalue weighted by Crippen LogP contribution is 2.65. The molecule has 0 heterocycles. The zero-order valence-electron chi connectivity index (χ0n) is 16.4. The van der Waals surface area contributed by atoms with Crippen LogP contribution in [0.5, 0.6) is 0 Å².